The van der Waals surface area contributed by atoms with Crippen molar-refractivity contribution in [1.82, 2.24) is 19.9 Å². The number of imidazole rings is 1. The predicted octanol–water partition coefficient (Wildman–Crippen LogP) is 1.58. The average Bonchev–Trinajstić information content (AvgIpc) is 2.94. The van der Waals surface area contributed by atoms with Crippen LogP contribution < -0.4 is 10.5 Å². The number of esters is 1. The number of aromatic nitrogens is 4. The van der Waals surface area contributed by atoms with E-state index in [2.05, 4.69) is 19.9 Å². The molecule has 0 amide bonds. The van der Waals surface area contributed by atoms with Gasteiger partial charge in [-0.1, -0.05) is 30.3 Å². The third kappa shape index (κ3) is 3.54. The highest BCUT2D eigenvalue weighted by atomic mass is 16.5. The number of ether oxygens (including phenoxy) is 2. The van der Waals surface area contributed by atoms with Crippen molar-refractivity contribution in [3.63, 3.8) is 0 Å². The van der Waals surface area contributed by atoms with E-state index in [1.807, 2.05) is 30.3 Å². The molecule has 0 unspecified atom stereocenters. The standard InChI is InChI=1S/C15H15N5O3/c1-9(21)22-8-11-17-12-13(18-11)19-15(16)20-14(12)23-7-10-5-3-2-4-6-10/h2-6H,7-8H2,1H3,(H3,16,17,18,19,20). The summed E-state index contributed by atoms with van der Waals surface area (Å²) in [5, 5.41) is 0. The summed E-state index contributed by atoms with van der Waals surface area (Å²) in [5.74, 6) is 0.404. The number of carbonyl (C=O) groups excluding carboxylic acids is 1. The molecule has 8 heteroatoms. The molecule has 0 aliphatic rings. The molecule has 1 aromatic carbocycles. The molecular formula is C15H15N5O3. The van der Waals surface area contributed by atoms with E-state index < -0.39 is 5.97 Å². The molecule has 23 heavy (non-hydrogen) atoms. The Hall–Kier alpha value is -3.16. The maximum atomic E-state index is 10.9. The first kappa shape index (κ1) is 14.8. The normalized spacial score (nSPS) is 10.7. The third-order valence-corrected chi connectivity index (χ3v) is 3.01. The minimum Gasteiger partial charge on any atom is -0.471 e. The van der Waals surface area contributed by atoms with Crippen LogP contribution in [0.4, 0.5) is 5.95 Å². The van der Waals surface area contributed by atoms with Gasteiger partial charge in [0.25, 0.3) is 0 Å². The van der Waals surface area contributed by atoms with E-state index in [9.17, 15) is 4.79 Å². The molecule has 2 aromatic heterocycles. The fraction of sp³-hybridized carbons (Fsp3) is 0.200. The first-order chi connectivity index (χ1) is 11.1. The minimum absolute atomic E-state index is 0.0176. The Morgan fingerprint density at radius 2 is 1.96 bits per heavy atom. The lowest BCUT2D eigenvalue weighted by molar-refractivity contribution is -0.142. The van der Waals surface area contributed by atoms with E-state index in [0.29, 0.717) is 23.6 Å². The van der Waals surface area contributed by atoms with Crippen molar-refractivity contribution in [2.75, 3.05) is 5.73 Å². The van der Waals surface area contributed by atoms with E-state index >= 15 is 0 Å². The highest BCUT2D eigenvalue weighted by molar-refractivity contribution is 5.77. The molecule has 2 heterocycles. The first-order valence-corrected chi connectivity index (χ1v) is 6.94. The fourth-order valence-electron chi connectivity index (χ4n) is 2.00. The lowest BCUT2D eigenvalue weighted by atomic mass is 10.2. The predicted molar refractivity (Wildman–Crippen MR) is 82.3 cm³/mol. The van der Waals surface area contributed by atoms with Crippen LogP contribution in [0, 0.1) is 0 Å². The van der Waals surface area contributed by atoms with Gasteiger partial charge >= 0.3 is 5.97 Å². The Bertz CT molecular complexity index is 832. The maximum absolute atomic E-state index is 10.9. The van der Waals surface area contributed by atoms with E-state index in [1.165, 1.54) is 6.92 Å². The summed E-state index contributed by atoms with van der Waals surface area (Å²) < 4.78 is 10.6. The van der Waals surface area contributed by atoms with Crippen LogP contribution >= 0.6 is 0 Å². The van der Waals surface area contributed by atoms with Gasteiger partial charge in [-0.3, -0.25) is 4.79 Å². The van der Waals surface area contributed by atoms with E-state index in [4.69, 9.17) is 15.2 Å². The molecule has 3 N–H and O–H groups in total. The van der Waals surface area contributed by atoms with Crippen LogP contribution in [0.15, 0.2) is 30.3 Å². The second kappa shape index (κ2) is 6.30. The van der Waals surface area contributed by atoms with Gasteiger partial charge in [-0.15, -0.1) is 0 Å². The molecular weight excluding hydrogens is 298 g/mol. The summed E-state index contributed by atoms with van der Waals surface area (Å²) in [6, 6.07) is 9.67. The van der Waals surface area contributed by atoms with Gasteiger partial charge < -0.3 is 20.2 Å². The molecule has 3 rings (SSSR count). The third-order valence-electron chi connectivity index (χ3n) is 3.01. The first-order valence-electron chi connectivity index (χ1n) is 6.94. The van der Waals surface area contributed by atoms with E-state index in [-0.39, 0.29) is 18.4 Å². The minimum atomic E-state index is -0.392. The Morgan fingerprint density at radius 1 is 1.17 bits per heavy atom. The number of rotatable bonds is 5. The van der Waals surface area contributed by atoms with Crippen molar-refractivity contribution < 1.29 is 14.3 Å². The van der Waals surface area contributed by atoms with Crippen molar-refractivity contribution >= 4 is 23.1 Å². The van der Waals surface area contributed by atoms with Crippen molar-refractivity contribution in [2.24, 2.45) is 0 Å². The van der Waals surface area contributed by atoms with E-state index in [0.717, 1.165) is 5.56 Å². The van der Waals surface area contributed by atoms with E-state index in [1.54, 1.807) is 0 Å². The summed E-state index contributed by atoms with van der Waals surface area (Å²) in [4.78, 5) is 26.3. The topological polar surface area (TPSA) is 116 Å². The molecule has 0 aliphatic heterocycles. The summed E-state index contributed by atoms with van der Waals surface area (Å²) >= 11 is 0. The lowest BCUT2D eigenvalue weighted by Gasteiger charge is -2.06. The molecule has 0 aliphatic carbocycles. The van der Waals surface area contributed by atoms with Crippen molar-refractivity contribution in [1.29, 1.82) is 0 Å². The summed E-state index contributed by atoms with van der Waals surface area (Å²) in [7, 11) is 0. The number of nitrogens with two attached hydrogens (primary N) is 1. The molecule has 0 fully saturated rings. The number of benzene rings is 1. The van der Waals surface area contributed by atoms with Crippen LogP contribution in [0.25, 0.3) is 11.2 Å². The van der Waals surface area contributed by atoms with Crippen LogP contribution in [0.3, 0.4) is 0 Å². The number of carbonyl (C=O) groups is 1. The van der Waals surface area contributed by atoms with Crippen molar-refractivity contribution in [3.05, 3.63) is 41.7 Å². The molecule has 0 bridgehead atoms. The van der Waals surface area contributed by atoms with Crippen molar-refractivity contribution in [3.8, 4) is 5.88 Å². The molecule has 0 saturated carbocycles. The second-order valence-corrected chi connectivity index (χ2v) is 4.82. The second-order valence-electron chi connectivity index (χ2n) is 4.82. The molecule has 118 valence electrons. The van der Waals surface area contributed by atoms with Gasteiger partial charge in [0.05, 0.1) is 0 Å². The zero-order valence-electron chi connectivity index (χ0n) is 12.4. The molecule has 0 radical (unpaired) electrons. The van der Waals surface area contributed by atoms with Crippen LogP contribution in [0.1, 0.15) is 18.3 Å². The number of H-pyrrole nitrogens is 1. The monoisotopic (exact) mass is 313 g/mol. The average molecular weight is 313 g/mol. The number of hydrogen-bond donors (Lipinski definition) is 2. The van der Waals surface area contributed by atoms with Gasteiger partial charge in [-0.05, 0) is 5.56 Å². The largest absolute Gasteiger partial charge is 0.471 e. The molecule has 8 nitrogen and oxygen atoms in total. The fourth-order valence-corrected chi connectivity index (χ4v) is 2.00. The Kier molecular flexibility index (Phi) is 4.05. The zero-order chi connectivity index (χ0) is 16.2. The highest BCUT2D eigenvalue weighted by Crippen LogP contribution is 2.22. The number of fused-ring (bicyclic) bond motifs is 1. The van der Waals surface area contributed by atoms with Gasteiger partial charge in [-0.25, -0.2) is 4.98 Å². The van der Waals surface area contributed by atoms with Gasteiger partial charge in [0.2, 0.25) is 11.8 Å². The summed E-state index contributed by atoms with van der Waals surface area (Å²) in [5.41, 5.74) is 7.56. The Balaban J connectivity index is 1.85. The lowest BCUT2D eigenvalue weighted by Crippen LogP contribution is -2.02. The number of nitrogen functional groups attached to an aromatic ring is 1. The molecule has 3 aromatic rings. The highest BCUT2D eigenvalue weighted by Gasteiger charge is 2.14. The van der Waals surface area contributed by atoms with Crippen LogP contribution in [-0.4, -0.2) is 25.9 Å². The number of nitrogens with one attached hydrogen (secondary N) is 1. The Labute approximate surface area is 131 Å². The summed E-state index contributed by atoms with van der Waals surface area (Å²) in [6.45, 7) is 1.68. The van der Waals surface area contributed by atoms with Gasteiger partial charge in [-0.2, -0.15) is 9.97 Å². The van der Waals surface area contributed by atoms with Crippen LogP contribution in [0.2, 0.25) is 0 Å². The van der Waals surface area contributed by atoms with Crippen molar-refractivity contribution in [2.45, 2.75) is 20.1 Å². The number of nitrogens with zero attached hydrogens (tertiary/aromatic N) is 3. The zero-order valence-corrected chi connectivity index (χ0v) is 12.4. The maximum Gasteiger partial charge on any atom is 0.303 e. The SMILES string of the molecule is CC(=O)OCc1nc2c(OCc3ccccc3)nc(N)nc2[nH]1. The molecule has 0 saturated heterocycles. The van der Waals surface area contributed by atoms with Gasteiger partial charge in [0.15, 0.2) is 11.2 Å². The quantitative estimate of drug-likeness (QED) is 0.687. The molecule has 0 atom stereocenters. The Morgan fingerprint density at radius 3 is 2.70 bits per heavy atom. The van der Waals surface area contributed by atoms with Crippen LogP contribution in [0.5, 0.6) is 5.88 Å². The van der Waals surface area contributed by atoms with Gasteiger partial charge in [0, 0.05) is 6.92 Å². The smallest absolute Gasteiger partial charge is 0.303 e. The number of anilines is 1. The number of aromatic amines is 1. The van der Waals surface area contributed by atoms with Crippen LogP contribution in [-0.2, 0) is 22.7 Å². The van der Waals surface area contributed by atoms with Gasteiger partial charge in [0.1, 0.15) is 19.0 Å². The molecule has 0 spiro atoms. The number of hydrogen-bond acceptors (Lipinski definition) is 7. The summed E-state index contributed by atoms with van der Waals surface area (Å²) in [6.07, 6.45) is 0.